The van der Waals surface area contributed by atoms with E-state index in [0.29, 0.717) is 11.3 Å². The van der Waals surface area contributed by atoms with E-state index in [4.69, 9.17) is 5.73 Å². The maximum Gasteiger partial charge on any atom is 0.254 e. The van der Waals surface area contributed by atoms with Gasteiger partial charge in [0.25, 0.3) is 5.91 Å². The van der Waals surface area contributed by atoms with Gasteiger partial charge in [0, 0.05) is 23.8 Å². The van der Waals surface area contributed by atoms with Crippen molar-refractivity contribution in [3.63, 3.8) is 0 Å². The predicted molar refractivity (Wildman–Crippen MR) is 105 cm³/mol. The van der Waals surface area contributed by atoms with E-state index < -0.39 is 6.04 Å². The summed E-state index contributed by atoms with van der Waals surface area (Å²) in [6.07, 6.45) is 3.23. The lowest BCUT2D eigenvalue weighted by Gasteiger charge is -2.33. The normalized spacial score (nSPS) is 18.1. The molecule has 1 saturated heterocycles. The second-order valence-corrected chi connectivity index (χ2v) is 7.46. The van der Waals surface area contributed by atoms with Gasteiger partial charge in [0.1, 0.15) is 0 Å². The number of rotatable bonds is 6. The number of anilines is 1. The number of piperidine rings is 1. The maximum absolute atomic E-state index is 12.6. The number of nitrogens with zero attached hydrogens (tertiary/aromatic N) is 1. The number of nitrogens with two attached hydrogens (primary N) is 1. The van der Waals surface area contributed by atoms with Gasteiger partial charge in [-0.05, 0) is 56.4 Å². The van der Waals surface area contributed by atoms with Crippen LogP contribution in [0, 0.1) is 5.92 Å². The van der Waals surface area contributed by atoms with Crippen LogP contribution in [-0.2, 0) is 9.59 Å². The lowest BCUT2D eigenvalue weighted by molar-refractivity contribution is -0.125. The van der Waals surface area contributed by atoms with Gasteiger partial charge in [0.15, 0.2) is 0 Å². The molecule has 1 aliphatic heterocycles. The van der Waals surface area contributed by atoms with Gasteiger partial charge in [-0.15, -0.1) is 0 Å². The minimum Gasteiger partial charge on any atom is -0.346 e. The number of carbonyl (C=O) groups is 3. The summed E-state index contributed by atoms with van der Waals surface area (Å²) in [5.74, 6) is -0.671. The third-order valence-corrected chi connectivity index (χ3v) is 4.92. The topological polar surface area (TPSA) is 105 Å². The number of amides is 3. The molecule has 7 heteroatoms. The largest absolute Gasteiger partial charge is 0.346 e. The van der Waals surface area contributed by atoms with Crippen LogP contribution in [0.2, 0.25) is 0 Å². The van der Waals surface area contributed by atoms with Gasteiger partial charge in [-0.2, -0.15) is 0 Å². The van der Waals surface area contributed by atoms with Crippen LogP contribution in [0.1, 0.15) is 50.4 Å². The molecule has 7 nitrogen and oxygen atoms in total. The highest BCUT2D eigenvalue weighted by molar-refractivity contribution is 5.97. The summed E-state index contributed by atoms with van der Waals surface area (Å²) in [6, 6.07) is 6.44. The van der Waals surface area contributed by atoms with E-state index in [9.17, 15) is 14.4 Å². The number of carbonyl (C=O) groups excluding carboxylic acids is 3. The second kappa shape index (κ2) is 9.50. The summed E-state index contributed by atoms with van der Waals surface area (Å²) in [5, 5.41) is 5.23. The fraction of sp³-hybridized carbons (Fsp3) is 0.550. The Morgan fingerprint density at radius 3 is 2.44 bits per heavy atom. The fourth-order valence-corrected chi connectivity index (χ4v) is 3.05. The number of nitrogens with one attached hydrogen (secondary N) is 2. The molecule has 1 heterocycles. The van der Waals surface area contributed by atoms with Crippen LogP contribution in [0.4, 0.5) is 5.69 Å². The molecule has 1 fully saturated rings. The molecular formula is C20H30N4O3. The van der Waals surface area contributed by atoms with E-state index >= 15 is 0 Å². The molecule has 2 atom stereocenters. The monoisotopic (exact) mass is 374 g/mol. The number of benzene rings is 1. The van der Waals surface area contributed by atoms with E-state index in [-0.39, 0.29) is 36.2 Å². The van der Waals surface area contributed by atoms with Crippen LogP contribution < -0.4 is 16.4 Å². The van der Waals surface area contributed by atoms with Crippen molar-refractivity contribution in [2.24, 2.45) is 11.7 Å². The van der Waals surface area contributed by atoms with Crippen molar-refractivity contribution in [3.8, 4) is 0 Å². The molecule has 148 valence electrons. The van der Waals surface area contributed by atoms with E-state index in [0.717, 1.165) is 25.8 Å². The van der Waals surface area contributed by atoms with Crippen LogP contribution >= 0.6 is 0 Å². The predicted octanol–water partition coefficient (Wildman–Crippen LogP) is 1.74. The van der Waals surface area contributed by atoms with E-state index in [1.165, 1.54) is 0 Å². The fourth-order valence-electron chi connectivity index (χ4n) is 3.05. The summed E-state index contributed by atoms with van der Waals surface area (Å²) in [7, 11) is 0. The first-order chi connectivity index (χ1) is 12.8. The Labute approximate surface area is 160 Å². The Morgan fingerprint density at radius 2 is 1.85 bits per heavy atom. The highest BCUT2D eigenvalue weighted by Gasteiger charge is 2.24. The minimum absolute atomic E-state index is 0.000708. The first-order valence-electron chi connectivity index (χ1n) is 9.53. The molecule has 0 saturated carbocycles. The van der Waals surface area contributed by atoms with E-state index in [1.807, 2.05) is 18.7 Å². The third-order valence-electron chi connectivity index (χ3n) is 4.92. The molecule has 1 aromatic carbocycles. The molecule has 1 aromatic rings. The summed E-state index contributed by atoms with van der Waals surface area (Å²) in [5.41, 5.74) is 6.92. The van der Waals surface area contributed by atoms with Gasteiger partial charge in [0.05, 0.1) is 12.6 Å². The molecular weight excluding hydrogens is 344 g/mol. The van der Waals surface area contributed by atoms with Crippen molar-refractivity contribution in [2.45, 2.75) is 52.1 Å². The molecule has 4 N–H and O–H groups in total. The van der Waals surface area contributed by atoms with Gasteiger partial charge in [-0.1, -0.05) is 13.8 Å². The average molecular weight is 374 g/mol. The molecule has 1 unspecified atom stereocenters. The number of hydrogen-bond donors (Lipinski definition) is 3. The molecule has 0 aliphatic carbocycles. The van der Waals surface area contributed by atoms with Crippen molar-refractivity contribution in [1.29, 1.82) is 0 Å². The molecule has 27 heavy (non-hydrogen) atoms. The first-order valence-corrected chi connectivity index (χ1v) is 9.53. The first kappa shape index (κ1) is 20.9. The van der Waals surface area contributed by atoms with Crippen LogP contribution in [0.25, 0.3) is 0 Å². The molecule has 3 amide bonds. The van der Waals surface area contributed by atoms with Gasteiger partial charge < -0.3 is 21.3 Å². The summed E-state index contributed by atoms with van der Waals surface area (Å²) < 4.78 is 0. The Morgan fingerprint density at radius 1 is 1.19 bits per heavy atom. The van der Waals surface area contributed by atoms with Crippen molar-refractivity contribution < 1.29 is 14.4 Å². The number of hydrogen-bond acceptors (Lipinski definition) is 4. The van der Waals surface area contributed by atoms with Crippen molar-refractivity contribution in [1.82, 2.24) is 10.2 Å². The Hall–Kier alpha value is -2.41. The molecule has 0 spiro atoms. The van der Waals surface area contributed by atoms with Crippen LogP contribution in [0.15, 0.2) is 24.3 Å². The van der Waals surface area contributed by atoms with Crippen molar-refractivity contribution in [3.05, 3.63) is 29.8 Å². The number of likely N-dealkylation sites (tertiary alicyclic amines) is 1. The molecule has 0 radical (unpaired) electrons. The van der Waals surface area contributed by atoms with Gasteiger partial charge in [-0.3, -0.25) is 14.4 Å². The average Bonchev–Trinajstić information content (AvgIpc) is 2.66. The molecule has 0 aromatic heterocycles. The Bertz CT molecular complexity index is 672. The second-order valence-electron chi connectivity index (χ2n) is 7.46. The zero-order valence-electron chi connectivity index (χ0n) is 16.3. The third kappa shape index (κ3) is 5.79. The summed E-state index contributed by atoms with van der Waals surface area (Å²) in [4.78, 5) is 38.3. The molecule has 2 rings (SSSR count). The van der Waals surface area contributed by atoms with Gasteiger partial charge in [-0.25, -0.2) is 0 Å². The highest BCUT2D eigenvalue weighted by atomic mass is 16.2. The zero-order chi connectivity index (χ0) is 20.0. The maximum atomic E-state index is 12.6. The van der Waals surface area contributed by atoms with E-state index in [2.05, 4.69) is 17.6 Å². The Kier molecular flexibility index (Phi) is 7.36. The Balaban J connectivity index is 1.87. The van der Waals surface area contributed by atoms with Crippen molar-refractivity contribution in [2.75, 3.05) is 18.4 Å². The summed E-state index contributed by atoms with van der Waals surface area (Å²) in [6.45, 7) is 6.41. The lowest BCUT2D eigenvalue weighted by atomic mass is 10.0. The van der Waals surface area contributed by atoms with Crippen LogP contribution in [-0.4, -0.2) is 47.8 Å². The standard InChI is InChI=1S/C20H30N4O3/c1-13(2)18(21)19(26)22-12-17(25)23-16-9-7-15(8-10-16)20(27)24-11-5-4-6-14(24)3/h7-10,13-14,18H,4-6,11-12,21H2,1-3H3,(H,22,26)(H,23,25)/t14?,18-/m0/s1. The zero-order valence-corrected chi connectivity index (χ0v) is 16.3. The van der Waals surface area contributed by atoms with Crippen LogP contribution in [0.5, 0.6) is 0 Å². The molecule has 0 bridgehead atoms. The highest BCUT2D eigenvalue weighted by Crippen LogP contribution is 2.20. The van der Waals surface area contributed by atoms with E-state index in [1.54, 1.807) is 24.3 Å². The lowest BCUT2D eigenvalue weighted by Crippen LogP contribution is -2.46. The van der Waals surface area contributed by atoms with Crippen molar-refractivity contribution >= 4 is 23.4 Å². The minimum atomic E-state index is -0.639. The van der Waals surface area contributed by atoms with Crippen LogP contribution in [0.3, 0.4) is 0 Å². The molecule has 1 aliphatic rings. The quantitative estimate of drug-likeness (QED) is 0.705. The van der Waals surface area contributed by atoms with Gasteiger partial charge >= 0.3 is 0 Å². The van der Waals surface area contributed by atoms with Gasteiger partial charge in [0.2, 0.25) is 11.8 Å². The smallest absolute Gasteiger partial charge is 0.254 e. The SMILES string of the molecule is CC(C)[C@H](N)C(=O)NCC(=O)Nc1ccc(C(=O)N2CCCCC2C)cc1. The summed E-state index contributed by atoms with van der Waals surface area (Å²) >= 11 is 0.